The van der Waals surface area contributed by atoms with Gasteiger partial charge in [0.15, 0.2) is 0 Å². The molecule has 4 heteroatoms. The van der Waals surface area contributed by atoms with Crippen molar-refractivity contribution < 1.29 is 9.94 Å². The summed E-state index contributed by atoms with van der Waals surface area (Å²) in [6.07, 6.45) is 0.949. The van der Waals surface area contributed by atoms with Crippen molar-refractivity contribution >= 4 is 11.3 Å². The summed E-state index contributed by atoms with van der Waals surface area (Å²) in [5.41, 5.74) is 3.74. The van der Waals surface area contributed by atoms with Crippen LogP contribution >= 0.6 is 11.3 Å². The van der Waals surface area contributed by atoms with E-state index < -0.39 is 0 Å². The van der Waals surface area contributed by atoms with Crippen molar-refractivity contribution in [2.75, 3.05) is 6.54 Å². The first-order valence-electron chi connectivity index (χ1n) is 3.45. The molecule has 0 aliphatic rings. The van der Waals surface area contributed by atoms with Crippen LogP contribution in [-0.2, 0) is 0 Å². The molecule has 0 saturated carbocycles. The van der Waals surface area contributed by atoms with Gasteiger partial charge in [-0.2, -0.15) is 0 Å². The Labute approximate surface area is 69.6 Å². The average molecular weight is 172 g/mol. The molecule has 0 unspecified atom stereocenters. The number of hydrogen-bond donors (Lipinski definition) is 1. The summed E-state index contributed by atoms with van der Waals surface area (Å²) >= 11 is 1.23. The lowest BCUT2D eigenvalue weighted by atomic mass is 10.5. The molecule has 0 fully saturated rings. The molecule has 1 heterocycles. The molecule has 1 radical (unpaired) electrons. The van der Waals surface area contributed by atoms with Crippen LogP contribution in [0.1, 0.15) is 13.3 Å². The number of hydrogen-bond acceptors (Lipinski definition) is 3. The van der Waals surface area contributed by atoms with Crippen LogP contribution in [0.2, 0.25) is 0 Å². The van der Waals surface area contributed by atoms with Crippen LogP contribution in [0, 0.1) is 0 Å². The Hall–Kier alpha value is -0.740. The lowest BCUT2D eigenvalue weighted by Crippen LogP contribution is -2.09. The van der Waals surface area contributed by atoms with Gasteiger partial charge in [-0.15, -0.1) is 11.3 Å². The maximum Gasteiger partial charge on any atom is 0.217 e. The highest BCUT2D eigenvalue weighted by Gasteiger charge is 2.02. The van der Waals surface area contributed by atoms with E-state index in [0.29, 0.717) is 12.3 Å². The van der Waals surface area contributed by atoms with Gasteiger partial charge in [-0.05, 0) is 23.3 Å². The molecule has 0 bridgehead atoms. The molecule has 1 aromatic rings. The Morgan fingerprint density at radius 3 is 3.09 bits per heavy atom. The zero-order valence-electron chi connectivity index (χ0n) is 6.28. The Morgan fingerprint density at radius 2 is 2.55 bits per heavy atom. The normalized spacial score (nSPS) is 9.91. The smallest absolute Gasteiger partial charge is 0.217 e. The molecule has 0 aliphatic carbocycles. The summed E-state index contributed by atoms with van der Waals surface area (Å²) in [6, 6.07) is 1.69. The number of rotatable bonds is 4. The Bertz CT molecular complexity index is 212. The summed E-state index contributed by atoms with van der Waals surface area (Å²) in [7, 11) is 0. The third kappa shape index (κ3) is 2.40. The third-order valence-corrected chi connectivity index (χ3v) is 1.78. The van der Waals surface area contributed by atoms with E-state index in [-0.39, 0.29) is 5.06 Å². The molecule has 0 saturated heterocycles. The molecule has 1 aromatic heterocycles. The summed E-state index contributed by atoms with van der Waals surface area (Å²) in [5, 5.41) is 11.0. The summed E-state index contributed by atoms with van der Waals surface area (Å²) in [4.78, 5) is 4.90. The molecule has 11 heavy (non-hydrogen) atoms. The second kappa shape index (κ2) is 4.20. The number of nitrogens with zero attached hydrogens (tertiary/aromatic N) is 1. The average Bonchev–Trinajstić information content (AvgIpc) is 2.37. The van der Waals surface area contributed by atoms with Crippen LogP contribution < -0.4 is 10.3 Å². The molecule has 0 aromatic carbocycles. The summed E-state index contributed by atoms with van der Waals surface area (Å²) in [5.74, 6) is 0.448. The van der Waals surface area contributed by atoms with E-state index in [4.69, 9.17) is 9.94 Å². The van der Waals surface area contributed by atoms with Crippen molar-refractivity contribution in [3.05, 3.63) is 11.4 Å². The zero-order chi connectivity index (χ0) is 8.10. The van der Waals surface area contributed by atoms with Gasteiger partial charge in [-0.25, -0.2) is 0 Å². The minimum atomic E-state index is 0.185. The first-order valence-corrected chi connectivity index (χ1v) is 4.33. The van der Waals surface area contributed by atoms with Crippen molar-refractivity contribution in [1.29, 1.82) is 0 Å². The van der Waals surface area contributed by atoms with E-state index in [1.165, 1.54) is 11.3 Å². The third-order valence-electron chi connectivity index (χ3n) is 1.09. The van der Waals surface area contributed by atoms with Gasteiger partial charge in [0.05, 0.1) is 6.54 Å². The zero-order valence-corrected chi connectivity index (χ0v) is 7.10. The second-order valence-corrected chi connectivity index (χ2v) is 2.93. The molecule has 61 valence electrons. The standard InChI is InChI=1S/C7H10NO2S/c1-2-4-8-10-6-3-5-11-7(6)9/h3,5,9H,2,4H2,1H3. The van der Waals surface area contributed by atoms with Crippen molar-refractivity contribution in [3.63, 3.8) is 0 Å². The maximum absolute atomic E-state index is 9.08. The van der Waals surface area contributed by atoms with Crippen LogP contribution in [0.25, 0.3) is 0 Å². The van der Waals surface area contributed by atoms with Crippen LogP contribution in [0.3, 0.4) is 0 Å². The van der Waals surface area contributed by atoms with Gasteiger partial charge in [-0.3, -0.25) is 0 Å². The molecule has 3 nitrogen and oxygen atoms in total. The lowest BCUT2D eigenvalue weighted by Gasteiger charge is -1.99. The Morgan fingerprint density at radius 1 is 1.73 bits per heavy atom. The fraction of sp³-hybridized carbons (Fsp3) is 0.429. The van der Waals surface area contributed by atoms with Gasteiger partial charge >= 0.3 is 0 Å². The fourth-order valence-corrected chi connectivity index (χ4v) is 1.11. The molecule has 1 N–H and O–H groups in total. The fourth-order valence-electron chi connectivity index (χ4n) is 0.566. The Kier molecular flexibility index (Phi) is 3.19. The largest absolute Gasteiger partial charge is 0.497 e. The van der Waals surface area contributed by atoms with E-state index in [1.807, 2.05) is 6.92 Å². The Balaban J connectivity index is 2.32. The first kappa shape index (κ1) is 8.36. The van der Waals surface area contributed by atoms with E-state index >= 15 is 0 Å². The van der Waals surface area contributed by atoms with Crippen LogP contribution in [0.5, 0.6) is 10.8 Å². The minimum absolute atomic E-state index is 0.185. The monoisotopic (exact) mass is 172 g/mol. The lowest BCUT2D eigenvalue weighted by molar-refractivity contribution is 0.180. The van der Waals surface area contributed by atoms with Gasteiger partial charge in [0.25, 0.3) is 0 Å². The summed E-state index contributed by atoms with van der Waals surface area (Å²) < 4.78 is 0. The minimum Gasteiger partial charge on any atom is -0.497 e. The van der Waals surface area contributed by atoms with Gasteiger partial charge in [0, 0.05) is 0 Å². The van der Waals surface area contributed by atoms with E-state index in [2.05, 4.69) is 5.48 Å². The molecular weight excluding hydrogens is 162 g/mol. The summed E-state index contributed by atoms with van der Waals surface area (Å²) in [6.45, 7) is 2.68. The van der Waals surface area contributed by atoms with Gasteiger partial charge < -0.3 is 9.94 Å². The van der Waals surface area contributed by atoms with Gasteiger partial charge in [0.2, 0.25) is 10.8 Å². The molecule has 0 atom stereocenters. The number of aromatic hydroxyl groups is 1. The van der Waals surface area contributed by atoms with Crippen molar-refractivity contribution in [2.24, 2.45) is 0 Å². The topological polar surface area (TPSA) is 43.6 Å². The van der Waals surface area contributed by atoms with Crippen LogP contribution in [0.4, 0.5) is 0 Å². The highest BCUT2D eigenvalue weighted by Crippen LogP contribution is 2.31. The number of hydroxylamine groups is 1. The van der Waals surface area contributed by atoms with Crippen LogP contribution in [-0.4, -0.2) is 11.7 Å². The van der Waals surface area contributed by atoms with Crippen molar-refractivity contribution in [2.45, 2.75) is 13.3 Å². The van der Waals surface area contributed by atoms with E-state index in [1.54, 1.807) is 11.4 Å². The first-order chi connectivity index (χ1) is 5.34. The van der Waals surface area contributed by atoms with Gasteiger partial charge in [0.1, 0.15) is 0 Å². The molecule has 0 aliphatic heterocycles. The van der Waals surface area contributed by atoms with Crippen molar-refractivity contribution in [1.82, 2.24) is 5.48 Å². The highest BCUT2D eigenvalue weighted by atomic mass is 32.1. The van der Waals surface area contributed by atoms with E-state index in [9.17, 15) is 0 Å². The van der Waals surface area contributed by atoms with Gasteiger partial charge in [-0.1, -0.05) is 6.92 Å². The second-order valence-electron chi connectivity index (χ2n) is 2.03. The number of thiophene rings is 1. The maximum atomic E-state index is 9.08. The predicted molar refractivity (Wildman–Crippen MR) is 43.9 cm³/mol. The molecule has 0 spiro atoms. The van der Waals surface area contributed by atoms with Crippen LogP contribution in [0.15, 0.2) is 11.4 Å². The highest BCUT2D eigenvalue weighted by molar-refractivity contribution is 7.12. The molecule has 1 rings (SSSR count). The molecule has 0 amide bonds. The SMILES string of the molecule is CCC[N]Oc1ccsc1O. The van der Waals surface area contributed by atoms with Crippen molar-refractivity contribution in [3.8, 4) is 10.8 Å². The van der Waals surface area contributed by atoms with E-state index in [0.717, 1.165) is 6.42 Å². The molecular formula is C7H10NO2S. The quantitative estimate of drug-likeness (QED) is 0.555. The predicted octanol–water partition coefficient (Wildman–Crippen LogP) is 1.76.